The summed E-state index contributed by atoms with van der Waals surface area (Å²) >= 11 is 0. The van der Waals surface area contributed by atoms with E-state index in [0.717, 1.165) is 36.8 Å². The SMILES string of the molecule is Cc1cncc(C(=O)C2CCCC(N)C2)c1. The number of carbonyl (C=O) groups excluding carboxylic acids is 1. The molecule has 0 aliphatic heterocycles. The van der Waals surface area contributed by atoms with Crippen molar-refractivity contribution in [2.24, 2.45) is 11.7 Å². The standard InChI is InChI=1S/C13H18N2O/c1-9-5-11(8-15-7-9)13(16)10-3-2-4-12(14)6-10/h5,7-8,10,12H,2-4,6,14H2,1H3. The Balaban J connectivity index is 2.12. The fourth-order valence-corrected chi connectivity index (χ4v) is 2.39. The molecule has 86 valence electrons. The van der Waals surface area contributed by atoms with Crippen LogP contribution in [-0.4, -0.2) is 16.8 Å². The number of rotatable bonds is 2. The van der Waals surface area contributed by atoms with E-state index >= 15 is 0 Å². The third-order valence-corrected chi connectivity index (χ3v) is 3.25. The average molecular weight is 218 g/mol. The van der Waals surface area contributed by atoms with Crippen LogP contribution in [0.15, 0.2) is 18.5 Å². The summed E-state index contributed by atoms with van der Waals surface area (Å²) in [5.74, 6) is 0.318. The number of hydrogen-bond acceptors (Lipinski definition) is 3. The molecule has 16 heavy (non-hydrogen) atoms. The predicted octanol–water partition coefficient (Wildman–Crippen LogP) is 2.09. The highest BCUT2D eigenvalue weighted by Crippen LogP contribution is 2.26. The summed E-state index contributed by atoms with van der Waals surface area (Å²) in [5, 5.41) is 0. The number of nitrogens with zero attached hydrogens (tertiary/aromatic N) is 1. The molecule has 1 aliphatic rings. The molecule has 3 heteroatoms. The summed E-state index contributed by atoms with van der Waals surface area (Å²) in [7, 11) is 0. The van der Waals surface area contributed by atoms with Gasteiger partial charge in [0.1, 0.15) is 0 Å². The van der Waals surface area contributed by atoms with Gasteiger partial charge in [0.05, 0.1) is 0 Å². The van der Waals surface area contributed by atoms with E-state index in [4.69, 9.17) is 5.73 Å². The zero-order valence-electron chi connectivity index (χ0n) is 9.65. The number of pyridine rings is 1. The highest BCUT2D eigenvalue weighted by Gasteiger charge is 2.26. The molecule has 0 aromatic carbocycles. The minimum absolute atomic E-state index is 0.104. The highest BCUT2D eigenvalue weighted by atomic mass is 16.1. The van der Waals surface area contributed by atoms with E-state index in [1.165, 1.54) is 0 Å². The van der Waals surface area contributed by atoms with Crippen LogP contribution < -0.4 is 5.73 Å². The normalized spacial score (nSPS) is 25.4. The number of aryl methyl sites for hydroxylation is 1. The molecule has 1 fully saturated rings. The van der Waals surface area contributed by atoms with Crippen LogP contribution in [0, 0.1) is 12.8 Å². The lowest BCUT2D eigenvalue weighted by Gasteiger charge is -2.25. The Hall–Kier alpha value is -1.22. The number of aromatic nitrogens is 1. The van der Waals surface area contributed by atoms with Gasteiger partial charge in [-0.3, -0.25) is 9.78 Å². The first-order valence-electron chi connectivity index (χ1n) is 5.88. The Bertz CT molecular complexity index is 389. The lowest BCUT2D eigenvalue weighted by molar-refractivity contribution is 0.0881. The second-order valence-corrected chi connectivity index (χ2v) is 4.74. The van der Waals surface area contributed by atoms with Crippen LogP contribution in [0.2, 0.25) is 0 Å². The molecule has 2 rings (SSSR count). The summed E-state index contributed by atoms with van der Waals surface area (Å²) in [5.41, 5.74) is 7.67. The summed E-state index contributed by atoms with van der Waals surface area (Å²) < 4.78 is 0. The first kappa shape index (κ1) is 11.3. The topological polar surface area (TPSA) is 56.0 Å². The van der Waals surface area contributed by atoms with Gasteiger partial charge in [-0.15, -0.1) is 0 Å². The zero-order chi connectivity index (χ0) is 11.5. The molecule has 2 atom stereocenters. The van der Waals surface area contributed by atoms with Gasteiger partial charge in [-0.25, -0.2) is 0 Å². The number of carbonyl (C=O) groups is 1. The molecule has 1 heterocycles. The van der Waals surface area contributed by atoms with Crippen molar-refractivity contribution >= 4 is 5.78 Å². The van der Waals surface area contributed by atoms with E-state index in [0.29, 0.717) is 0 Å². The van der Waals surface area contributed by atoms with E-state index < -0.39 is 0 Å². The molecule has 3 nitrogen and oxygen atoms in total. The lowest BCUT2D eigenvalue weighted by atomic mass is 9.82. The Labute approximate surface area is 96.1 Å². The smallest absolute Gasteiger partial charge is 0.167 e. The maximum Gasteiger partial charge on any atom is 0.167 e. The summed E-state index contributed by atoms with van der Waals surface area (Å²) in [6, 6.07) is 2.11. The molecule has 2 N–H and O–H groups in total. The second-order valence-electron chi connectivity index (χ2n) is 4.74. The van der Waals surface area contributed by atoms with Crippen LogP contribution >= 0.6 is 0 Å². The fraction of sp³-hybridized carbons (Fsp3) is 0.538. The van der Waals surface area contributed by atoms with Gasteiger partial charge in [-0.2, -0.15) is 0 Å². The number of Topliss-reactive ketones (excluding diaryl/α,β-unsaturated/α-hetero) is 1. The molecule has 0 bridgehead atoms. The molecule has 1 saturated carbocycles. The number of ketones is 1. The van der Waals surface area contributed by atoms with Crippen molar-refractivity contribution in [2.75, 3.05) is 0 Å². The van der Waals surface area contributed by atoms with Crippen molar-refractivity contribution < 1.29 is 4.79 Å². The van der Waals surface area contributed by atoms with E-state index in [-0.39, 0.29) is 17.7 Å². The van der Waals surface area contributed by atoms with Crippen molar-refractivity contribution in [3.8, 4) is 0 Å². The Kier molecular flexibility index (Phi) is 3.34. The maximum absolute atomic E-state index is 12.2. The predicted molar refractivity (Wildman–Crippen MR) is 63.2 cm³/mol. The van der Waals surface area contributed by atoms with Gasteiger partial charge in [0.2, 0.25) is 0 Å². The van der Waals surface area contributed by atoms with Gasteiger partial charge in [-0.05, 0) is 37.8 Å². The van der Waals surface area contributed by atoms with Crippen LogP contribution in [-0.2, 0) is 0 Å². The highest BCUT2D eigenvalue weighted by molar-refractivity contribution is 5.97. The van der Waals surface area contributed by atoms with Gasteiger partial charge in [0, 0.05) is 29.9 Å². The maximum atomic E-state index is 12.2. The van der Waals surface area contributed by atoms with Gasteiger partial charge in [0.25, 0.3) is 0 Å². The van der Waals surface area contributed by atoms with Crippen LogP contribution in [0.5, 0.6) is 0 Å². The van der Waals surface area contributed by atoms with Crippen LogP contribution in [0.25, 0.3) is 0 Å². The van der Waals surface area contributed by atoms with Crippen molar-refractivity contribution in [3.63, 3.8) is 0 Å². The average Bonchev–Trinajstić information content (AvgIpc) is 2.28. The fourth-order valence-electron chi connectivity index (χ4n) is 2.39. The van der Waals surface area contributed by atoms with E-state index in [9.17, 15) is 4.79 Å². The van der Waals surface area contributed by atoms with Crippen molar-refractivity contribution in [2.45, 2.75) is 38.6 Å². The molecular formula is C13H18N2O. The minimum Gasteiger partial charge on any atom is -0.328 e. The van der Waals surface area contributed by atoms with Gasteiger partial charge in [-0.1, -0.05) is 6.42 Å². The van der Waals surface area contributed by atoms with Crippen LogP contribution in [0.3, 0.4) is 0 Å². The van der Waals surface area contributed by atoms with Gasteiger partial charge >= 0.3 is 0 Å². The zero-order valence-corrected chi connectivity index (χ0v) is 9.65. The molecular weight excluding hydrogens is 200 g/mol. The second kappa shape index (κ2) is 4.74. The summed E-state index contributed by atoms with van der Waals surface area (Å²) in [4.78, 5) is 16.3. The minimum atomic E-state index is 0.104. The molecule has 2 unspecified atom stereocenters. The van der Waals surface area contributed by atoms with E-state index in [2.05, 4.69) is 4.98 Å². The molecule has 0 radical (unpaired) electrons. The Morgan fingerprint density at radius 3 is 2.94 bits per heavy atom. The van der Waals surface area contributed by atoms with Gasteiger partial charge in [0.15, 0.2) is 5.78 Å². The molecule has 0 spiro atoms. The van der Waals surface area contributed by atoms with Crippen molar-refractivity contribution in [3.05, 3.63) is 29.6 Å². The lowest BCUT2D eigenvalue weighted by Crippen LogP contribution is -2.31. The molecule has 1 aliphatic carbocycles. The summed E-state index contributed by atoms with van der Waals surface area (Å²) in [6.07, 6.45) is 7.35. The van der Waals surface area contributed by atoms with Crippen LogP contribution in [0.4, 0.5) is 0 Å². The van der Waals surface area contributed by atoms with Gasteiger partial charge < -0.3 is 5.73 Å². The van der Waals surface area contributed by atoms with Crippen molar-refractivity contribution in [1.82, 2.24) is 4.98 Å². The summed E-state index contributed by atoms with van der Waals surface area (Å²) in [6.45, 7) is 1.95. The number of nitrogens with two attached hydrogens (primary N) is 1. The molecule has 1 aromatic heterocycles. The first-order chi connectivity index (χ1) is 7.66. The first-order valence-corrected chi connectivity index (χ1v) is 5.88. The Morgan fingerprint density at radius 1 is 1.44 bits per heavy atom. The largest absolute Gasteiger partial charge is 0.328 e. The van der Waals surface area contributed by atoms with E-state index in [1.807, 2.05) is 13.0 Å². The Morgan fingerprint density at radius 2 is 2.25 bits per heavy atom. The molecule has 0 saturated heterocycles. The molecule has 0 amide bonds. The monoisotopic (exact) mass is 218 g/mol. The molecule has 1 aromatic rings. The quantitative estimate of drug-likeness (QED) is 0.773. The third-order valence-electron chi connectivity index (χ3n) is 3.25. The third kappa shape index (κ3) is 2.47. The van der Waals surface area contributed by atoms with Crippen molar-refractivity contribution in [1.29, 1.82) is 0 Å². The van der Waals surface area contributed by atoms with E-state index in [1.54, 1.807) is 12.4 Å². The number of hydrogen-bond donors (Lipinski definition) is 1. The van der Waals surface area contributed by atoms with Crippen LogP contribution in [0.1, 0.15) is 41.6 Å².